The van der Waals surface area contributed by atoms with Gasteiger partial charge in [0.1, 0.15) is 16.5 Å². The summed E-state index contributed by atoms with van der Waals surface area (Å²) in [5, 5.41) is 0. The lowest BCUT2D eigenvalue weighted by Gasteiger charge is -2.08. The van der Waals surface area contributed by atoms with Gasteiger partial charge >= 0.3 is 0 Å². The number of benzene rings is 1. The van der Waals surface area contributed by atoms with E-state index in [1.54, 1.807) is 0 Å². The number of rotatable bonds is 4. The van der Waals surface area contributed by atoms with E-state index in [4.69, 9.17) is 0 Å². The molecule has 0 radical (unpaired) electrons. The van der Waals surface area contributed by atoms with E-state index in [2.05, 4.69) is 27.2 Å². The van der Waals surface area contributed by atoms with Crippen LogP contribution in [0.15, 0.2) is 34.2 Å². The number of hydrogen-bond donors (Lipinski definition) is 1. The zero-order valence-corrected chi connectivity index (χ0v) is 10.4. The maximum Gasteiger partial charge on any atom is 0.244 e. The Bertz CT molecular complexity index is 493. The molecule has 0 unspecified atom stereocenters. The summed E-state index contributed by atoms with van der Waals surface area (Å²) < 4.78 is 51.2. The lowest BCUT2D eigenvalue weighted by molar-refractivity contribution is 0.542. The molecular weight excluding hydrogens is 304 g/mol. The van der Waals surface area contributed by atoms with Gasteiger partial charge in [0, 0.05) is 17.1 Å². The summed E-state index contributed by atoms with van der Waals surface area (Å²) in [7, 11) is -4.01. The van der Waals surface area contributed by atoms with Gasteiger partial charge in [0.2, 0.25) is 10.0 Å². The van der Waals surface area contributed by atoms with Crippen LogP contribution in [-0.2, 0) is 10.0 Å². The molecule has 1 rings (SSSR count). The van der Waals surface area contributed by atoms with Gasteiger partial charge in [0.05, 0.1) is 0 Å². The molecule has 1 aromatic rings. The fourth-order valence-electron chi connectivity index (χ4n) is 1.03. The fraction of sp³-hybridized carbons (Fsp3) is 0.111. The molecule has 7 heteroatoms. The summed E-state index contributed by atoms with van der Waals surface area (Å²) in [5.41, 5.74) is 0. The van der Waals surface area contributed by atoms with Crippen LogP contribution in [0.5, 0.6) is 0 Å². The Hall–Kier alpha value is -0.790. The molecule has 0 saturated heterocycles. The summed E-state index contributed by atoms with van der Waals surface area (Å²) in [4.78, 5) is -0.615. The molecule has 3 nitrogen and oxygen atoms in total. The molecule has 0 fully saturated rings. The number of halogens is 3. The van der Waals surface area contributed by atoms with Crippen LogP contribution in [-0.4, -0.2) is 15.0 Å². The highest BCUT2D eigenvalue weighted by atomic mass is 79.9. The van der Waals surface area contributed by atoms with Crippen molar-refractivity contribution in [2.24, 2.45) is 0 Å². The van der Waals surface area contributed by atoms with Crippen LogP contribution in [0.25, 0.3) is 0 Å². The molecule has 88 valence electrons. The third-order valence-corrected chi connectivity index (χ3v) is 4.04. The Morgan fingerprint density at radius 3 is 2.56 bits per heavy atom. The van der Waals surface area contributed by atoms with E-state index in [1.165, 1.54) is 6.08 Å². The molecule has 0 aliphatic rings. The van der Waals surface area contributed by atoms with Gasteiger partial charge in [-0.1, -0.05) is 6.08 Å². The van der Waals surface area contributed by atoms with E-state index in [-0.39, 0.29) is 11.0 Å². The Balaban J connectivity index is 3.28. The second-order valence-corrected chi connectivity index (χ2v) is 5.40. The lowest BCUT2D eigenvalue weighted by Crippen LogP contribution is -2.25. The van der Waals surface area contributed by atoms with Crippen molar-refractivity contribution >= 4 is 26.0 Å². The van der Waals surface area contributed by atoms with E-state index in [9.17, 15) is 17.2 Å². The first kappa shape index (κ1) is 13.3. The van der Waals surface area contributed by atoms with Crippen LogP contribution in [0.3, 0.4) is 0 Å². The van der Waals surface area contributed by atoms with Crippen molar-refractivity contribution in [1.29, 1.82) is 0 Å². The monoisotopic (exact) mass is 311 g/mol. The molecule has 0 aliphatic heterocycles. The second-order valence-electron chi connectivity index (χ2n) is 2.84. The number of nitrogens with one attached hydrogen (secondary N) is 1. The Kier molecular flexibility index (Phi) is 4.17. The van der Waals surface area contributed by atoms with Crippen molar-refractivity contribution in [3.05, 3.63) is 40.9 Å². The molecule has 0 bridgehead atoms. The molecule has 0 spiro atoms. The van der Waals surface area contributed by atoms with Gasteiger partial charge in [0.15, 0.2) is 0 Å². The quantitative estimate of drug-likeness (QED) is 0.866. The Morgan fingerprint density at radius 1 is 1.44 bits per heavy atom. The zero-order chi connectivity index (χ0) is 12.3. The minimum Gasteiger partial charge on any atom is -0.207 e. The van der Waals surface area contributed by atoms with Crippen LogP contribution < -0.4 is 4.72 Å². The van der Waals surface area contributed by atoms with Crippen LogP contribution >= 0.6 is 15.9 Å². The van der Waals surface area contributed by atoms with Crippen molar-refractivity contribution < 1.29 is 17.2 Å². The van der Waals surface area contributed by atoms with Crippen molar-refractivity contribution in [3.8, 4) is 0 Å². The minimum atomic E-state index is -4.01. The molecule has 0 aliphatic carbocycles. The van der Waals surface area contributed by atoms with Gasteiger partial charge in [-0.15, -0.1) is 6.58 Å². The van der Waals surface area contributed by atoms with E-state index >= 15 is 0 Å². The normalized spacial score (nSPS) is 11.4. The molecule has 1 N–H and O–H groups in total. The van der Waals surface area contributed by atoms with E-state index in [0.717, 1.165) is 6.07 Å². The lowest BCUT2D eigenvalue weighted by atomic mass is 10.3. The van der Waals surface area contributed by atoms with Gasteiger partial charge in [-0.25, -0.2) is 21.9 Å². The SMILES string of the molecule is C=CCNS(=O)(=O)c1c(F)cc(F)cc1Br. The zero-order valence-electron chi connectivity index (χ0n) is 8.00. The van der Waals surface area contributed by atoms with E-state index in [0.29, 0.717) is 6.07 Å². The van der Waals surface area contributed by atoms with Crippen molar-refractivity contribution in [1.82, 2.24) is 4.72 Å². The first-order chi connectivity index (χ1) is 7.38. The molecule has 0 amide bonds. The first-order valence-electron chi connectivity index (χ1n) is 4.13. The molecule has 16 heavy (non-hydrogen) atoms. The largest absolute Gasteiger partial charge is 0.244 e. The summed E-state index contributed by atoms with van der Waals surface area (Å²) in [6.07, 6.45) is 1.31. The molecular formula is C9H8BrF2NO2S. The smallest absolute Gasteiger partial charge is 0.207 e. The summed E-state index contributed by atoms with van der Waals surface area (Å²) in [6.45, 7) is 3.29. The predicted molar refractivity (Wildman–Crippen MR) is 59.4 cm³/mol. The molecule has 0 aromatic heterocycles. The standard InChI is InChI=1S/C9H8BrF2NO2S/c1-2-3-13-16(14,15)9-7(10)4-6(11)5-8(9)12/h2,4-5,13H,1,3H2. The van der Waals surface area contributed by atoms with Gasteiger partial charge in [0.25, 0.3) is 0 Å². The highest BCUT2D eigenvalue weighted by Crippen LogP contribution is 2.25. The average molecular weight is 312 g/mol. The minimum absolute atomic E-state index is 0.0361. The van der Waals surface area contributed by atoms with E-state index < -0.39 is 26.6 Å². The van der Waals surface area contributed by atoms with Crippen molar-refractivity contribution in [2.45, 2.75) is 4.90 Å². The molecule has 1 aromatic carbocycles. The number of hydrogen-bond acceptors (Lipinski definition) is 2. The second kappa shape index (κ2) is 5.03. The maximum absolute atomic E-state index is 13.3. The predicted octanol–water partition coefficient (Wildman–Crippen LogP) is 2.19. The maximum atomic E-state index is 13.3. The third kappa shape index (κ3) is 2.87. The Labute approximate surface area is 100 Å². The molecule has 0 heterocycles. The van der Waals surface area contributed by atoms with Gasteiger partial charge in [-0.3, -0.25) is 0 Å². The highest BCUT2D eigenvalue weighted by Gasteiger charge is 2.22. The van der Waals surface area contributed by atoms with Gasteiger partial charge < -0.3 is 0 Å². The summed E-state index contributed by atoms with van der Waals surface area (Å²) >= 11 is 2.80. The highest BCUT2D eigenvalue weighted by molar-refractivity contribution is 9.10. The van der Waals surface area contributed by atoms with Gasteiger partial charge in [-0.05, 0) is 22.0 Å². The van der Waals surface area contributed by atoms with Crippen molar-refractivity contribution in [2.75, 3.05) is 6.54 Å². The third-order valence-electron chi connectivity index (χ3n) is 1.65. The van der Waals surface area contributed by atoms with Crippen LogP contribution in [0.1, 0.15) is 0 Å². The number of sulfonamides is 1. The topological polar surface area (TPSA) is 46.2 Å². The van der Waals surface area contributed by atoms with E-state index in [1.807, 2.05) is 0 Å². The molecule has 0 atom stereocenters. The summed E-state index contributed by atoms with van der Waals surface area (Å²) in [5.74, 6) is -2.00. The van der Waals surface area contributed by atoms with Crippen LogP contribution in [0.2, 0.25) is 0 Å². The van der Waals surface area contributed by atoms with Crippen LogP contribution in [0.4, 0.5) is 8.78 Å². The van der Waals surface area contributed by atoms with Crippen molar-refractivity contribution in [3.63, 3.8) is 0 Å². The van der Waals surface area contributed by atoms with Crippen LogP contribution in [0, 0.1) is 11.6 Å². The van der Waals surface area contributed by atoms with Gasteiger partial charge in [-0.2, -0.15) is 0 Å². The fourth-order valence-corrected chi connectivity index (χ4v) is 3.19. The average Bonchev–Trinajstić information content (AvgIpc) is 2.12. The summed E-state index contributed by atoms with van der Waals surface area (Å²) in [6, 6.07) is 1.39. The first-order valence-corrected chi connectivity index (χ1v) is 6.41. The molecule has 0 saturated carbocycles. The Morgan fingerprint density at radius 2 is 2.06 bits per heavy atom.